The number of benzene rings is 2. The smallest absolute Gasteiger partial charge is 0.255 e. The van der Waals surface area contributed by atoms with E-state index in [2.05, 4.69) is 10.6 Å². The fourth-order valence-corrected chi connectivity index (χ4v) is 2.48. The van der Waals surface area contributed by atoms with E-state index in [0.29, 0.717) is 23.4 Å². The molecule has 4 N–H and O–H groups in total. The van der Waals surface area contributed by atoms with Gasteiger partial charge in [-0.05, 0) is 56.5 Å². The average Bonchev–Trinajstić information content (AvgIpc) is 2.57. The molecule has 0 fully saturated rings. The number of hydrogen-bond donors (Lipinski definition) is 3. The van der Waals surface area contributed by atoms with E-state index in [9.17, 15) is 9.59 Å². The number of anilines is 2. The Morgan fingerprint density at radius 3 is 2.36 bits per heavy atom. The van der Waals surface area contributed by atoms with Crippen LogP contribution in [-0.4, -0.2) is 17.9 Å². The first-order valence-corrected chi connectivity index (χ1v) is 8.50. The van der Waals surface area contributed by atoms with Crippen molar-refractivity contribution < 1.29 is 9.59 Å². The summed E-state index contributed by atoms with van der Waals surface area (Å²) in [6.45, 7) is 3.90. The first-order chi connectivity index (χ1) is 12.0. The van der Waals surface area contributed by atoms with Crippen molar-refractivity contribution in [1.29, 1.82) is 0 Å². The molecule has 0 radical (unpaired) electrons. The molecule has 0 bridgehead atoms. The monoisotopic (exact) mass is 339 g/mol. The van der Waals surface area contributed by atoms with Crippen molar-refractivity contribution in [3.05, 3.63) is 59.7 Å². The van der Waals surface area contributed by atoms with Crippen molar-refractivity contribution >= 4 is 23.2 Å². The Kier molecular flexibility index (Phi) is 6.57. The highest BCUT2D eigenvalue weighted by Gasteiger charge is 2.08. The lowest BCUT2D eigenvalue weighted by Crippen LogP contribution is -2.29. The highest BCUT2D eigenvalue weighted by atomic mass is 16.2. The Labute approximate surface area is 148 Å². The second kappa shape index (κ2) is 8.87. The number of aryl methyl sites for hydroxylation is 1. The van der Waals surface area contributed by atoms with Crippen LogP contribution < -0.4 is 16.4 Å². The normalized spacial score (nSPS) is 10.5. The van der Waals surface area contributed by atoms with Gasteiger partial charge in [-0.25, -0.2) is 0 Å². The van der Waals surface area contributed by atoms with Crippen LogP contribution in [0.3, 0.4) is 0 Å². The van der Waals surface area contributed by atoms with Crippen LogP contribution in [0.25, 0.3) is 0 Å². The Morgan fingerprint density at radius 2 is 1.72 bits per heavy atom. The molecule has 2 aromatic carbocycles. The van der Waals surface area contributed by atoms with Gasteiger partial charge in [-0.1, -0.05) is 24.3 Å². The number of nitrogens with two attached hydrogens (primary N) is 1. The molecule has 0 saturated carbocycles. The summed E-state index contributed by atoms with van der Waals surface area (Å²) in [7, 11) is 0. The van der Waals surface area contributed by atoms with E-state index in [1.54, 1.807) is 24.3 Å². The van der Waals surface area contributed by atoms with Gasteiger partial charge in [0, 0.05) is 18.0 Å². The number of nitrogens with one attached hydrogen (secondary N) is 2. The van der Waals surface area contributed by atoms with Gasteiger partial charge >= 0.3 is 0 Å². The molecule has 0 aliphatic carbocycles. The van der Waals surface area contributed by atoms with Crippen molar-refractivity contribution in [3.63, 3.8) is 0 Å². The highest BCUT2D eigenvalue weighted by Crippen LogP contribution is 2.18. The number of carbonyl (C=O) groups is 2. The SMILES string of the molecule is CC(C)NC(=O)CCCc1ccc(C(=O)Nc2ccccc2N)cc1. The molecule has 0 saturated heterocycles. The lowest BCUT2D eigenvalue weighted by molar-refractivity contribution is -0.121. The molecule has 132 valence electrons. The minimum Gasteiger partial charge on any atom is -0.397 e. The Morgan fingerprint density at radius 1 is 1.04 bits per heavy atom. The molecule has 0 unspecified atom stereocenters. The number of hydrogen-bond acceptors (Lipinski definition) is 3. The second-order valence-corrected chi connectivity index (χ2v) is 6.31. The maximum absolute atomic E-state index is 12.3. The van der Waals surface area contributed by atoms with Gasteiger partial charge in [0.15, 0.2) is 0 Å². The third-order valence-corrected chi connectivity index (χ3v) is 3.74. The van der Waals surface area contributed by atoms with Crippen molar-refractivity contribution in [2.45, 2.75) is 39.2 Å². The molecule has 0 aliphatic rings. The molecular weight excluding hydrogens is 314 g/mol. The van der Waals surface area contributed by atoms with Crippen LogP contribution in [0, 0.1) is 0 Å². The predicted molar refractivity (Wildman–Crippen MR) is 101 cm³/mol. The molecule has 2 rings (SSSR count). The summed E-state index contributed by atoms with van der Waals surface area (Å²) >= 11 is 0. The number of nitrogen functional groups attached to an aromatic ring is 1. The summed E-state index contributed by atoms with van der Waals surface area (Å²) in [6, 6.07) is 14.7. The molecule has 2 amide bonds. The fraction of sp³-hybridized carbons (Fsp3) is 0.300. The molecule has 0 spiro atoms. The highest BCUT2D eigenvalue weighted by molar-refractivity contribution is 6.05. The van der Waals surface area contributed by atoms with Gasteiger partial charge < -0.3 is 16.4 Å². The molecule has 0 atom stereocenters. The first kappa shape index (κ1) is 18.5. The van der Waals surface area contributed by atoms with Crippen molar-refractivity contribution in [3.8, 4) is 0 Å². The van der Waals surface area contributed by atoms with Crippen LogP contribution >= 0.6 is 0 Å². The van der Waals surface area contributed by atoms with Gasteiger partial charge in [0.05, 0.1) is 11.4 Å². The van der Waals surface area contributed by atoms with E-state index >= 15 is 0 Å². The Bertz CT molecular complexity index is 724. The quantitative estimate of drug-likeness (QED) is 0.676. The molecule has 25 heavy (non-hydrogen) atoms. The summed E-state index contributed by atoms with van der Waals surface area (Å²) in [4.78, 5) is 23.9. The third kappa shape index (κ3) is 5.95. The van der Waals surface area contributed by atoms with Crippen LogP contribution in [-0.2, 0) is 11.2 Å². The zero-order chi connectivity index (χ0) is 18.2. The first-order valence-electron chi connectivity index (χ1n) is 8.50. The van der Waals surface area contributed by atoms with E-state index in [1.165, 1.54) is 0 Å². The molecule has 2 aromatic rings. The summed E-state index contributed by atoms with van der Waals surface area (Å²) in [6.07, 6.45) is 2.09. The summed E-state index contributed by atoms with van der Waals surface area (Å²) in [5, 5.41) is 5.68. The van der Waals surface area contributed by atoms with E-state index in [0.717, 1.165) is 18.4 Å². The van der Waals surface area contributed by atoms with Gasteiger partial charge in [0.2, 0.25) is 5.91 Å². The Balaban J connectivity index is 1.86. The van der Waals surface area contributed by atoms with Gasteiger partial charge in [-0.3, -0.25) is 9.59 Å². The molecule has 0 heterocycles. The number of rotatable bonds is 7. The maximum atomic E-state index is 12.3. The van der Waals surface area contributed by atoms with Gasteiger partial charge in [-0.2, -0.15) is 0 Å². The third-order valence-electron chi connectivity index (χ3n) is 3.74. The predicted octanol–water partition coefficient (Wildman–Crippen LogP) is 3.37. The number of para-hydroxylation sites is 2. The minimum absolute atomic E-state index is 0.0754. The van der Waals surface area contributed by atoms with Gasteiger partial charge in [0.1, 0.15) is 0 Å². The van der Waals surface area contributed by atoms with E-state index < -0.39 is 0 Å². The largest absolute Gasteiger partial charge is 0.397 e. The molecule has 5 nitrogen and oxygen atoms in total. The molecule has 5 heteroatoms. The summed E-state index contributed by atoms with van der Waals surface area (Å²) < 4.78 is 0. The topological polar surface area (TPSA) is 84.2 Å². The average molecular weight is 339 g/mol. The summed E-state index contributed by atoms with van der Waals surface area (Å²) in [5.74, 6) is -0.118. The number of amides is 2. The van der Waals surface area contributed by atoms with Crippen LogP contribution in [0.4, 0.5) is 11.4 Å². The summed E-state index contributed by atoms with van der Waals surface area (Å²) in [5.41, 5.74) is 8.65. The van der Waals surface area contributed by atoms with Gasteiger partial charge in [0.25, 0.3) is 5.91 Å². The maximum Gasteiger partial charge on any atom is 0.255 e. The Hall–Kier alpha value is -2.82. The van der Waals surface area contributed by atoms with Crippen molar-refractivity contribution in [1.82, 2.24) is 5.32 Å². The van der Waals surface area contributed by atoms with Crippen LogP contribution in [0.5, 0.6) is 0 Å². The molecule has 0 aliphatic heterocycles. The zero-order valence-electron chi connectivity index (χ0n) is 14.7. The van der Waals surface area contributed by atoms with Gasteiger partial charge in [-0.15, -0.1) is 0 Å². The van der Waals surface area contributed by atoms with Crippen molar-refractivity contribution in [2.24, 2.45) is 0 Å². The minimum atomic E-state index is -0.194. The lowest BCUT2D eigenvalue weighted by atomic mass is 10.1. The van der Waals surface area contributed by atoms with E-state index in [1.807, 2.05) is 38.1 Å². The lowest BCUT2D eigenvalue weighted by Gasteiger charge is -2.09. The molecule has 0 aromatic heterocycles. The van der Waals surface area contributed by atoms with E-state index in [4.69, 9.17) is 5.73 Å². The zero-order valence-corrected chi connectivity index (χ0v) is 14.7. The van der Waals surface area contributed by atoms with Crippen LogP contribution in [0.1, 0.15) is 42.6 Å². The van der Waals surface area contributed by atoms with Crippen LogP contribution in [0.2, 0.25) is 0 Å². The molecular formula is C20H25N3O2. The van der Waals surface area contributed by atoms with Crippen LogP contribution in [0.15, 0.2) is 48.5 Å². The standard InChI is InChI=1S/C20H25N3O2/c1-14(2)22-19(24)9-5-6-15-10-12-16(13-11-15)20(25)23-18-8-4-3-7-17(18)21/h3-4,7-8,10-14H,5-6,9,21H2,1-2H3,(H,22,24)(H,23,25). The number of carbonyl (C=O) groups excluding carboxylic acids is 2. The van der Waals surface area contributed by atoms with Crippen molar-refractivity contribution in [2.75, 3.05) is 11.1 Å². The second-order valence-electron chi connectivity index (χ2n) is 6.31. The van der Waals surface area contributed by atoms with E-state index in [-0.39, 0.29) is 17.9 Å². The fourth-order valence-electron chi connectivity index (χ4n) is 2.48.